The first kappa shape index (κ1) is 6.92. The third kappa shape index (κ3) is 5.92. The van der Waals surface area contributed by atoms with Crippen LogP contribution in [0.25, 0.3) is 0 Å². The van der Waals surface area contributed by atoms with Gasteiger partial charge in [-0.25, -0.2) is 0 Å². The van der Waals surface area contributed by atoms with Crippen LogP contribution >= 0.6 is 0 Å². The van der Waals surface area contributed by atoms with E-state index in [1.54, 1.807) is 0 Å². The zero-order valence-electron chi connectivity index (χ0n) is 5.12. The lowest BCUT2D eigenvalue weighted by Crippen LogP contribution is -2.24. The fourth-order valence-corrected chi connectivity index (χ4v) is 0.390. The molecule has 0 atom stereocenters. The lowest BCUT2D eigenvalue weighted by molar-refractivity contribution is 0.672. The van der Waals surface area contributed by atoms with Crippen LogP contribution in [0.3, 0.4) is 0 Å². The van der Waals surface area contributed by atoms with Crippen molar-refractivity contribution in [2.24, 2.45) is 0 Å². The van der Waals surface area contributed by atoms with Crippen LogP contribution in [0.15, 0.2) is 0 Å². The molecule has 0 spiro atoms. The smallest absolute Gasteiger partial charge is 0.00764 e. The van der Waals surface area contributed by atoms with Gasteiger partial charge in [-0.2, -0.15) is 0 Å². The Morgan fingerprint density at radius 3 is 2.57 bits per heavy atom. The maximum Gasteiger partial charge on any atom is 0.00764 e. The number of rotatable bonds is 4. The Labute approximate surface area is 48.3 Å². The molecule has 0 aliphatic heterocycles. The van der Waals surface area contributed by atoms with Gasteiger partial charge in [0.05, 0.1) is 0 Å². The van der Waals surface area contributed by atoms with E-state index in [9.17, 15) is 0 Å². The van der Waals surface area contributed by atoms with E-state index < -0.39 is 0 Å². The molecule has 0 aliphatic rings. The van der Waals surface area contributed by atoms with Crippen LogP contribution in [-0.2, 0) is 0 Å². The van der Waals surface area contributed by atoms with E-state index in [0.717, 1.165) is 19.6 Å². The molecule has 48 valence electrons. The van der Waals surface area contributed by atoms with Gasteiger partial charge in [0.25, 0.3) is 0 Å². The third-order valence-electron chi connectivity index (χ3n) is 0.802. The van der Waals surface area contributed by atoms with Crippen molar-refractivity contribution in [1.82, 2.24) is 10.6 Å². The van der Waals surface area contributed by atoms with Crippen molar-refractivity contribution in [3.8, 4) is 0 Å². The second-order valence-corrected chi connectivity index (χ2v) is 1.46. The Bertz CT molecular complexity index is 32.1. The van der Waals surface area contributed by atoms with Gasteiger partial charge in [0.1, 0.15) is 0 Å². The molecule has 0 fully saturated rings. The van der Waals surface area contributed by atoms with E-state index in [-0.39, 0.29) is 2.85 Å². The molecule has 2 heteroatoms. The van der Waals surface area contributed by atoms with Gasteiger partial charge in [0, 0.05) is 15.9 Å². The van der Waals surface area contributed by atoms with Crippen LogP contribution in [0.4, 0.5) is 0 Å². The van der Waals surface area contributed by atoms with E-state index in [4.69, 9.17) is 0 Å². The Hall–Kier alpha value is -0.0800. The molecule has 0 unspecified atom stereocenters. The van der Waals surface area contributed by atoms with E-state index in [1.807, 2.05) is 7.05 Å². The predicted molar refractivity (Wildman–Crippen MR) is 36.7 cm³/mol. The van der Waals surface area contributed by atoms with E-state index in [2.05, 4.69) is 17.6 Å². The summed E-state index contributed by atoms with van der Waals surface area (Å²) in [6.07, 6.45) is 0. The summed E-state index contributed by atoms with van der Waals surface area (Å²) in [5.41, 5.74) is 0. The lowest BCUT2D eigenvalue weighted by atomic mass is 10.6. The highest BCUT2D eigenvalue weighted by atomic mass is 14.9. The maximum absolute atomic E-state index is 3.19. The Morgan fingerprint density at radius 1 is 1.43 bits per heavy atom. The molecule has 0 bridgehead atoms. The van der Waals surface area contributed by atoms with Crippen molar-refractivity contribution in [2.45, 2.75) is 6.92 Å². The second kappa shape index (κ2) is 5.92. The summed E-state index contributed by atoms with van der Waals surface area (Å²) in [7, 11) is 1.96. The summed E-state index contributed by atoms with van der Waals surface area (Å²) in [6.45, 7) is 5.32. The zero-order chi connectivity index (χ0) is 5.54. The quantitative estimate of drug-likeness (QED) is 0.504. The highest BCUT2D eigenvalue weighted by Gasteiger charge is 1.75. The Morgan fingerprint density at radius 2 is 2.14 bits per heavy atom. The molecule has 7 heavy (non-hydrogen) atoms. The normalized spacial score (nSPS) is 9.43. The lowest BCUT2D eigenvalue weighted by Gasteiger charge is -1.96. The van der Waals surface area contributed by atoms with Crippen molar-refractivity contribution in [3.63, 3.8) is 0 Å². The highest BCUT2D eigenvalue weighted by molar-refractivity contribution is 4.42. The largest absolute Gasteiger partial charge is 0.318 e. The van der Waals surface area contributed by atoms with Crippen molar-refractivity contribution < 1.29 is 2.85 Å². The van der Waals surface area contributed by atoms with Crippen LogP contribution in [0.1, 0.15) is 9.78 Å². The van der Waals surface area contributed by atoms with Gasteiger partial charge in [-0.15, -0.1) is 0 Å². The topological polar surface area (TPSA) is 24.1 Å². The van der Waals surface area contributed by atoms with Gasteiger partial charge in [0.2, 0.25) is 0 Å². The molecule has 0 heterocycles. The van der Waals surface area contributed by atoms with Crippen LogP contribution in [0, 0.1) is 0 Å². The molecular weight excluding hydrogens is 88.1 g/mol. The fraction of sp³-hybridized carbons (Fsp3) is 1.00. The summed E-state index contributed by atoms with van der Waals surface area (Å²) in [6, 6.07) is 0. The van der Waals surface area contributed by atoms with Crippen LogP contribution < -0.4 is 10.6 Å². The van der Waals surface area contributed by atoms with Crippen molar-refractivity contribution >= 4 is 0 Å². The number of hydrogen-bond acceptors (Lipinski definition) is 2. The molecule has 0 amide bonds. The van der Waals surface area contributed by atoms with Crippen molar-refractivity contribution in [2.75, 3.05) is 26.7 Å². The average Bonchev–Trinajstić information content (AvgIpc) is 1.69. The fourth-order valence-electron chi connectivity index (χ4n) is 0.390. The minimum Gasteiger partial charge on any atom is -0.318 e. The average molecular weight is 106 g/mol. The zero-order valence-corrected chi connectivity index (χ0v) is 5.12. The highest BCUT2D eigenvalue weighted by Crippen LogP contribution is 1.52. The molecule has 2 nitrogen and oxygen atoms in total. The molecule has 2 N–H and O–H groups in total. The molecule has 0 aromatic rings. The first-order chi connectivity index (χ1) is 3.41. The van der Waals surface area contributed by atoms with E-state index >= 15 is 0 Å². The van der Waals surface area contributed by atoms with Crippen LogP contribution in [0.5, 0.6) is 0 Å². The number of likely N-dealkylation sites (N-methyl/N-ethyl adjacent to an activating group) is 2. The summed E-state index contributed by atoms with van der Waals surface area (Å²) >= 11 is 0. The monoisotopic (exact) mass is 106 g/mol. The minimum atomic E-state index is 0. The first-order valence-electron chi connectivity index (χ1n) is 2.77. The van der Waals surface area contributed by atoms with Gasteiger partial charge in [-0.3, -0.25) is 0 Å². The second-order valence-electron chi connectivity index (χ2n) is 1.46. The Balaban J connectivity index is -0.000000180. The van der Waals surface area contributed by atoms with Gasteiger partial charge in [0.15, 0.2) is 0 Å². The van der Waals surface area contributed by atoms with Crippen LogP contribution in [-0.4, -0.2) is 26.7 Å². The Kier molecular flexibility index (Phi) is 5.85. The number of nitrogens with one attached hydrogen (secondary N) is 2. The molecular formula is C5H18N2. The SMILES string of the molecule is CCNCCNC.[HH].[HH]. The summed E-state index contributed by atoms with van der Waals surface area (Å²) in [4.78, 5) is 0. The van der Waals surface area contributed by atoms with Gasteiger partial charge < -0.3 is 10.6 Å². The molecule has 0 radical (unpaired) electrons. The van der Waals surface area contributed by atoms with Crippen LogP contribution in [0.2, 0.25) is 0 Å². The van der Waals surface area contributed by atoms with E-state index in [0.29, 0.717) is 0 Å². The van der Waals surface area contributed by atoms with Gasteiger partial charge in [-0.1, -0.05) is 6.92 Å². The minimum absolute atomic E-state index is 0. The molecule has 0 saturated carbocycles. The number of hydrogen-bond donors (Lipinski definition) is 2. The molecule has 0 aromatic heterocycles. The van der Waals surface area contributed by atoms with Crippen molar-refractivity contribution in [1.29, 1.82) is 0 Å². The third-order valence-corrected chi connectivity index (χ3v) is 0.802. The molecule has 0 rings (SSSR count). The van der Waals surface area contributed by atoms with Gasteiger partial charge in [-0.05, 0) is 13.6 Å². The molecule has 0 saturated heterocycles. The summed E-state index contributed by atoms with van der Waals surface area (Å²) < 4.78 is 0. The van der Waals surface area contributed by atoms with Crippen molar-refractivity contribution in [3.05, 3.63) is 0 Å². The first-order valence-corrected chi connectivity index (χ1v) is 2.77. The van der Waals surface area contributed by atoms with E-state index in [1.165, 1.54) is 0 Å². The molecule has 0 aromatic carbocycles. The van der Waals surface area contributed by atoms with Gasteiger partial charge >= 0.3 is 0 Å². The standard InChI is InChI=1S/C5H14N2.2H2/c1-3-7-5-4-6-2;;/h6-7H,3-5H2,1-2H3;2*1H. The summed E-state index contributed by atoms with van der Waals surface area (Å²) in [5.74, 6) is 0. The summed E-state index contributed by atoms with van der Waals surface area (Å²) in [5, 5.41) is 6.23. The molecule has 0 aliphatic carbocycles. The predicted octanol–water partition coefficient (Wildman–Crippen LogP) is 0.307. The maximum atomic E-state index is 3.19.